The number of hydrogen-bond donors (Lipinski definition) is 1. The van der Waals surface area contributed by atoms with Crippen LogP contribution in [0.4, 0.5) is 4.39 Å². The Morgan fingerprint density at radius 2 is 2.06 bits per heavy atom. The summed E-state index contributed by atoms with van der Waals surface area (Å²) in [5.74, 6) is 0.134. The molecular weight excluding hydrogens is 207 g/mol. The van der Waals surface area contributed by atoms with Crippen molar-refractivity contribution in [3.05, 3.63) is 29.6 Å². The lowest BCUT2D eigenvalue weighted by Gasteiger charge is -2.18. The van der Waals surface area contributed by atoms with Gasteiger partial charge in [-0.2, -0.15) is 0 Å². The van der Waals surface area contributed by atoms with Crippen molar-refractivity contribution < 1.29 is 14.2 Å². The summed E-state index contributed by atoms with van der Waals surface area (Å²) < 4.78 is 18.1. The lowest BCUT2D eigenvalue weighted by atomic mass is 9.94. The average molecular weight is 224 g/mol. The van der Waals surface area contributed by atoms with Crippen molar-refractivity contribution >= 4 is 0 Å². The van der Waals surface area contributed by atoms with Crippen LogP contribution in [0.5, 0.6) is 5.75 Å². The molecule has 16 heavy (non-hydrogen) atoms. The number of benzene rings is 1. The second-order valence-electron chi connectivity index (χ2n) is 4.38. The van der Waals surface area contributed by atoms with Crippen molar-refractivity contribution in [3.8, 4) is 5.75 Å². The Morgan fingerprint density at radius 3 is 2.69 bits per heavy atom. The van der Waals surface area contributed by atoms with Crippen molar-refractivity contribution in [1.82, 2.24) is 0 Å². The van der Waals surface area contributed by atoms with Gasteiger partial charge in [-0.3, -0.25) is 0 Å². The number of methoxy groups -OCH3 is 1. The number of hydrogen-bond acceptors (Lipinski definition) is 2. The number of halogens is 1. The fraction of sp³-hybridized carbons (Fsp3) is 0.538. The van der Waals surface area contributed by atoms with Gasteiger partial charge in [0.1, 0.15) is 0 Å². The van der Waals surface area contributed by atoms with Gasteiger partial charge in [0.15, 0.2) is 11.6 Å². The highest BCUT2D eigenvalue weighted by atomic mass is 19.1. The van der Waals surface area contributed by atoms with Crippen LogP contribution in [0, 0.1) is 11.7 Å². The van der Waals surface area contributed by atoms with Crippen LogP contribution in [0.15, 0.2) is 18.2 Å². The van der Waals surface area contributed by atoms with E-state index in [9.17, 15) is 9.50 Å². The molecule has 1 N–H and O–H groups in total. The molecule has 2 rings (SSSR count). The monoisotopic (exact) mass is 224 g/mol. The minimum absolute atomic E-state index is 0.203. The minimum Gasteiger partial charge on any atom is -0.494 e. The zero-order valence-electron chi connectivity index (χ0n) is 9.45. The van der Waals surface area contributed by atoms with Crippen molar-refractivity contribution in [2.75, 3.05) is 7.11 Å². The molecule has 2 nitrogen and oxygen atoms in total. The largest absolute Gasteiger partial charge is 0.494 e. The van der Waals surface area contributed by atoms with Gasteiger partial charge in [0, 0.05) is 0 Å². The Balaban J connectivity index is 2.19. The maximum atomic E-state index is 13.2. The van der Waals surface area contributed by atoms with Gasteiger partial charge in [-0.05, 0) is 36.5 Å². The van der Waals surface area contributed by atoms with E-state index in [-0.39, 0.29) is 11.6 Å². The van der Waals surface area contributed by atoms with E-state index in [2.05, 4.69) is 0 Å². The summed E-state index contributed by atoms with van der Waals surface area (Å²) in [7, 11) is 1.43. The molecule has 0 bridgehead atoms. The first-order chi connectivity index (χ1) is 7.72. The SMILES string of the molecule is COc1cc(C(O)C2CCCC2)ccc1F. The Hall–Kier alpha value is -1.09. The summed E-state index contributed by atoms with van der Waals surface area (Å²) in [6.45, 7) is 0. The van der Waals surface area contributed by atoms with Gasteiger partial charge in [-0.25, -0.2) is 4.39 Å². The zero-order valence-corrected chi connectivity index (χ0v) is 9.45. The second-order valence-corrected chi connectivity index (χ2v) is 4.38. The van der Waals surface area contributed by atoms with Crippen LogP contribution in [0.2, 0.25) is 0 Å². The molecule has 88 valence electrons. The Bertz CT molecular complexity index is 359. The van der Waals surface area contributed by atoms with Crippen LogP contribution in [0.25, 0.3) is 0 Å². The van der Waals surface area contributed by atoms with Crippen molar-refractivity contribution in [3.63, 3.8) is 0 Å². The van der Waals surface area contributed by atoms with Crippen LogP contribution >= 0.6 is 0 Å². The third-order valence-electron chi connectivity index (χ3n) is 3.36. The molecule has 1 saturated carbocycles. The van der Waals surface area contributed by atoms with E-state index in [1.54, 1.807) is 12.1 Å². The van der Waals surface area contributed by atoms with Gasteiger partial charge in [0.2, 0.25) is 0 Å². The molecule has 3 heteroatoms. The highest BCUT2D eigenvalue weighted by Crippen LogP contribution is 2.36. The lowest BCUT2D eigenvalue weighted by Crippen LogP contribution is -2.09. The topological polar surface area (TPSA) is 29.5 Å². The van der Waals surface area contributed by atoms with Crippen LogP contribution < -0.4 is 4.74 Å². The number of aliphatic hydroxyl groups is 1. The molecule has 1 atom stereocenters. The maximum absolute atomic E-state index is 13.2. The third kappa shape index (κ3) is 2.19. The smallest absolute Gasteiger partial charge is 0.165 e. The standard InChI is InChI=1S/C13H17FO2/c1-16-12-8-10(6-7-11(12)14)13(15)9-4-2-3-5-9/h6-9,13,15H,2-5H2,1H3. The van der Waals surface area contributed by atoms with E-state index in [4.69, 9.17) is 4.74 Å². The molecule has 1 aliphatic carbocycles. The molecule has 0 aliphatic heterocycles. The average Bonchev–Trinajstić information content (AvgIpc) is 2.82. The van der Waals surface area contributed by atoms with Crippen LogP contribution in [0.1, 0.15) is 37.4 Å². The summed E-state index contributed by atoms with van der Waals surface area (Å²) in [6.07, 6.45) is 3.99. The predicted molar refractivity (Wildman–Crippen MR) is 59.9 cm³/mol. The summed E-state index contributed by atoms with van der Waals surface area (Å²) in [6, 6.07) is 4.59. The zero-order chi connectivity index (χ0) is 11.5. The highest BCUT2D eigenvalue weighted by Gasteiger charge is 2.25. The van der Waals surface area contributed by atoms with Gasteiger partial charge in [-0.15, -0.1) is 0 Å². The van der Waals surface area contributed by atoms with Crippen molar-refractivity contribution in [2.45, 2.75) is 31.8 Å². The van der Waals surface area contributed by atoms with Crippen molar-refractivity contribution in [1.29, 1.82) is 0 Å². The predicted octanol–water partition coefficient (Wildman–Crippen LogP) is 3.06. The molecule has 1 aromatic rings. The van der Waals surface area contributed by atoms with Gasteiger partial charge in [0.05, 0.1) is 13.2 Å². The van der Waals surface area contributed by atoms with E-state index < -0.39 is 6.10 Å². The summed E-state index contributed by atoms with van der Waals surface area (Å²) in [4.78, 5) is 0. The normalized spacial score (nSPS) is 18.7. The first kappa shape index (κ1) is 11.4. The van der Waals surface area contributed by atoms with E-state index >= 15 is 0 Å². The Kier molecular flexibility index (Phi) is 3.44. The lowest BCUT2D eigenvalue weighted by molar-refractivity contribution is 0.111. The Morgan fingerprint density at radius 1 is 1.38 bits per heavy atom. The molecule has 0 heterocycles. The first-order valence-corrected chi connectivity index (χ1v) is 5.74. The molecule has 1 unspecified atom stereocenters. The van der Waals surface area contributed by atoms with E-state index in [0.717, 1.165) is 18.4 Å². The summed E-state index contributed by atoms with van der Waals surface area (Å²) in [5, 5.41) is 10.2. The number of ether oxygens (including phenoxy) is 1. The van der Waals surface area contributed by atoms with Gasteiger partial charge in [0.25, 0.3) is 0 Å². The number of aliphatic hydroxyl groups excluding tert-OH is 1. The highest BCUT2D eigenvalue weighted by molar-refractivity contribution is 5.31. The fourth-order valence-electron chi connectivity index (χ4n) is 2.41. The molecule has 1 aliphatic rings. The van der Waals surface area contributed by atoms with Gasteiger partial charge in [-0.1, -0.05) is 18.9 Å². The maximum Gasteiger partial charge on any atom is 0.165 e. The van der Waals surface area contributed by atoms with E-state index in [0.29, 0.717) is 5.92 Å². The Labute approximate surface area is 95.1 Å². The summed E-state index contributed by atoms with van der Waals surface area (Å²) in [5.41, 5.74) is 0.755. The molecule has 0 amide bonds. The third-order valence-corrected chi connectivity index (χ3v) is 3.36. The minimum atomic E-state index is -0.489. The van der Waals surface area contributed by atoms with E-state index in [1.807, 2.05) is 0 Å². The van der Waals surface area contributed by atoms with E-state index in [1.165, 1.54) is 26.0 Å². The van der Waals surface area contributed by atoms with Gasteiger partial charge < -0.3 is 9.84 Å². The molecule has 0 spiro atoms. The van der Waals surface area contributed by atoms with Crippen LogP contribution in [-0.4, -0.2) is 12.2 Å². The molecule has 0 radical (unpaired) electrons. The van der Waals surface area contributed by atoms with Crippen LogP contribution in [-0.2, 0) is 0 Å². The van der Waals surface area contributed by atoms with Crippen LogP contribution in [0.3, 0.4) is 0 Å². The summed E-state index contributed by atoms with van der Waals surface area (Å²) >= 11 is 0. The van der Waals surface area contributed by atoms with Crippen molar-refractivity contribution in [2.24, 2.45) is 5.92 Å². The first-order valence-electron chi connectivity index (χ1n) is 5.74. The second kappa shape index (κ2) is 4.83. The quantitative estimate of drug-likeness (QED) is 0.855. The molecule has 1 fully saturated rings. The number of rotatable bonds is 3. The van der Waals surface area contributed by atoms with Gasteiger partial charge >= 0.3 is 0 Å². The fourth-order valence-corrected chi connectivity index (χ4v) is 2.41. The molecule has 1 aromatic carbocycles. The molecule has 0 saturated heterocycles. The molecular formula is C13H17FO2. The molecule has 0 aromatic heterocycles.